The first kappa shape index (κ1) is 40.4. The molecular formula is C37H66N2O10. The van der Waals surface area contributed by atoms with Crippen molar-refractivity contribution in [1.82, 2.24) is 10.2 Å². The third-order valence-corrected chi connectivity index (χ3v) is 11.9. The quantitative estimate of drug-likeness (QED) is 0.310. The number of fused-ring (bicyclic) bond motifs is 2. The summed E-state index contributed by atoms with van der Waals surface area (Å²) in [4.78, 5) is 16.2. The predicted molar refractivity (Wildman–Crippen MR) is 184 cm³/mol. The Kier molecular flexibility index (Phi) is 12.6. The number of rotatable bonds is 7. The van der Waals surface area contributed by atoms with Gasteiger partial charge in [0.15, 0.2) is 12.6 Å². The Bertz CT molecular complexity index is 1180. The minimum atomic E-state index is -1.68. The second-order valence-corrected chi connectivity index (χ2v) is 16.5. The Hall–Kier alpha value is -1.35. The number of hydrogen-bond donors (Lipinski definition) is 4. The highest BCUT2D eigenvalue weighted by atomic mass is 16.7. The number of aliphatic hydroxyl groups excluding tert-OH is 2. The zero-order valence-electron chi connectivity index (χ0n) is 32.2. The van der Waals surface area contributed by atoms with Crippen molar-refractivity contribution in [3.8, 4) is 0 Å². The van der Waals surface area contributed by atoms with Crippen LogP contribution < -0.4 is 5.32 Å². The molecule has 4 heterocycles. The van der Waals surface area contributed by atoms with Gasteiger partial charge in [0.2, 0.25) is 5.91 Å². The lowest BCUT2D eigenvalue weighted by molar-refractivity contribution is -0.308. The number of carbonyl (C=O) groups excluding carboxylic acids is 1. The van der Waals surface area contributed by atoms with E-state index in [4.69, 9.17) is 28.4 Å². The van der Waals surface area contributed by atoms with Crippen LogP contribution in [0.5, 0.6) is 0 Å². The molecule has 12 heteroatoms. The fraction of sp³-hybridized carbons (Fsp3) is 0.919. The number of amides is 1. The van der Waals surface area contributed by atoms with E-state index in [1.165, 1.54) is 0 Å². The Morgan fingerprint density at radius 3 is 2.22 bits per heavy atom. The van der Waals surface area contributed by atoms with Crippen LogP contribution in [0, 0.1) is 17.8 Å². The van der Waals surface area contributed by atoms with Gasteiger partial charge in [-0.2, -0.15) is 0 Å². The van der Waals surface area contributed by atoms with Gasteiger partial charge in [-0.3, -0.25) is 4.79 Å². The van der Waals surface area contributed by atoms with E-state index in [9.17, 15) is 20.1 Å². The fourth-order valence-corrected chi connectivity index (χ4v) is 8.91. The van der Waals surface area contributed by atoms with Gasteiger partial charge in [0, 0.05) is 44.2 Å². The van der Waals surface area contributed by atoms with Gasteiger partial charge in [-0.05, 0) is 74.1 Å². The summed E-state index contributed by atoms with van der Waals surface area (Å²) in [6.45, 7) is 19.0. The van der Waals surface area contributed by atoms with Crippen molar-refractivity contribution >= 4 is 5.91 Å². The maximum atomic E-state index is 14.2. The molecule has 3 saturated heterocycles. The first-order chi connectivity index (χ1) is 22.7. The number of likely N-dealkylation sites (N-methyl/N-ethyl adjacent to an activating group) is 1. The van der Waals surface area contributed by atoms with Crippen molar-refractivity contribution in [2.75, 3.05) is 21.2 Å². The predicted octanol–water partition coefficient (Wildman–Crippen LogP) is 3.49. The fourth-order valence-electron chi connectivity index (χ4n) is 8.91. The zero-order chi connectivity index (χ0) is 36.8. The van der Waals surface area contributed by atoms with Gasteiger partial charge in [0.1, 0.15) is 29.2 Å². The molecule has 4 rings (SSSR count). The Morgan fingerprint density at radius 2 is 1.63 bits per heavy atom. The smallest absolute Gasteiger partial charge is 0.225 e. The normalized spacial score (nSPS) is 48.8. The third-order valence-electron chi connectivity index (χ3n) is 11.9. The number of carbonyl (C=O) groups is 1. The highest BCUT2D eigenvalue weighted by Gasteiger charge is 2.55. The minimum Gasteiger partial charge on any atom is -0.489 e. The van der Waals surface area contributed by atoms with Gasteiger partial charge >= 0.3 is 0 Å². The maximum absolute atomic E-state index is 14.2. The molecule has 0 radical (unpaired) electrons. The van der Waals surface area contributed by atoms with Crippen LogP contribution in [0.1, 0.15) is 101 Å². The first-order valence-corrected chi connectivity index (χ1v) is 18.3. The van der Waals surface area contributed by atoms with E-state index in [-0.39, 0.29) is 24.2 Å². The van der Waals surface area contributed by atoms with Gasteiger partial charge in [-0.15, -0.1) is 0 Å². The Labute approximate surface area is 294 Å². The maximum Gasteiger partial charge on any atom is 0.225 e. The SMILES string of the molecule is CC[C@H]1NC(=O)[C@H](C)[C@@H](OC2C[C@@](C)(OC)C[C@H](C)O2)[C@H](C)[C@@H](OC2O[C@H](C)CC(N(C)C)[C@H]2O)[C@@]2(C)CC(C)=C(O2)[C@H](C)[C@@H](O)[C@]1(C)O. The van der Waals surface area contributed by atoms with Crippen molar-refractivity contribution in [3.05, 3.63) is 11.3 Å². The topological polar surface area (TPSA) is 148 Å². The molecule has 4 aliphatic rings. The average molecular weight is 699 g/mol. The van der Waals surface area contributed by atoms with Crippen LogP contribution in [0.25, 0.3) is 0 Å². The second-order valence-electron chi connectivity index (χ2n) is 16.5. The molecule has 49 heavy (non-hydrogen) atoms. The number of ether oxygens (including phenoxy) is 6. The summed E-state index contributed by atoms with van der Waals surface area (Å²) in [6, 6.07) is -0.953. The lowest BCUT2D eigenvalue weighted by Gasteiger charge is -2.48. The number of nitrogens with zero attached hydrogens (tertiary/aromatic N) is 1. The molecule has 0 aromatic carbocycles. The van der Waals surface area contributed by atoms with Crippen molar-refractivity contribution < 1.29 is 48.5 Å². The Balaban J connectivity index is 1.83. The molecule has 1 amide bonds. The van der Waals surface area contributed by atoms with E-state index in [2.05, 4.69) is 5.32 Å². The summed E-state index contributed by atoms with van der Waals surface area (Å²) < 4.78 is 39.1. The Morgan fingerprint density at radius 1 is 0.980 bits per heavy atom. The number of nitrogens with one attached hydrogen (secondary N) is 1. The molecule has 16 atom stereocenters. The monoisotopic (exact) mass is 698 g/mol. The lowest BCUT2D eigenvalue weighted by atomic mass is 9.78. The van der Waals surface area contributed by atoms with Gasteiger partial charge < -0.3 is 54.0 Å². The molecule has 12 nitrogen and oxygen atoms in total. The molecule has 0 aliphatic carbocycles. The summed E-state index contributed by atoms with van der Waals surface area (Å²) >= 11 is 0. The summed E-state index contributed by atoms with van der Waals surface area (Å²) in [5.41, 5.74) is -2.24. The van der Waals surface area contributed by atoms with Crippen molar-refractivity contribution in [1.29, 1.82) is 0 Å². The highest BCUT2D eigenvalue weighted by molar-refractivity contribution is 5.79. The van der Waals surface area contributed by atoms with E-state index in [0.717, 1.165) is 5.57 Å². The molecule has 0 spiro atoms. The molecule has 284 valence electrons. The van der Waals surface area contributed by atoms with E-state index >= 15 is 0 Å². The van der Waals surface area contributed by atoms with Crippen LogP contribution >= 0.6 is 0 Å². The molecule has 4 aliphatic heterocycles. The lowest BCUT2D eigenvalue weighted by Crippen LogP contribution is -2.61. The van der Waals surface area contributed by atoms with Crippen LogP contribution in [0.4, 0.5) is 0 Å². The standard InChI is InChI=1S/C37H66N2O10/c1-14-26-37(10,43)31(41)22(5)29-19(2)16-36(9,49-29)32(48-34-28(40)25(39(11)12)15-20(3)46-34)23(6)30(24(7)33(42)38-26)47-27-18-35(8,44-13)17-21(4)45-27/h20-28,30-32,34,40-41,43H,14-18H2,1-13H3,(H,38,42)/t20-,21+,22+,23+,24-,25?,26-,27?,28-,30+,31-,32-,34?,35+,36-,37-/m1/s1. The van der Waals surface area contributed by atoms with Crippen molar-refractivity contribution in [2.45, 2.75) is 179 Å². The van der Waals surface area contributed by atoms with Gasteiger partial charge in [-0.25, -0.2) is 0 Å². The number of hydrogen-bond acceptors (Lipinski definition) is 11. The molecule has 0 aromatic rings. The van der Waals surface area contributed by atoms with E-state index in [0.29, 0.717) is 37.9 Å². The van der Waals surface area contributed by atoms with Crippen LogP contribution in [0.2, 0.25) is 0 Å². The van der Waals surface area contributed by atoms with Crippen molar-refractivity contribution in [3.63, 3.8) is 0 Å². The molecule has 3 unspecified atom stereocenters. The van der Waals surface area contributed by atoms with Gasteiger partial charge in [0.05, 0.1) is 42.0 Å². The van der Waals surface area contributed by atoms with E-state index in [1.54, 1.807) is 21.0 Å². The molecule has 2 bridgehead atoms. The van der Waals surface area contributed by atoms with E-state index in [1.807, 2.05) is 74.4 Å². The zero-order valence-corrected chi connectivity index (χ0v) is 32.2. The summed E-state index contributed by atoms with van der Waals surface area (Å²) in [6.07, 6.45) is -3.08. The number of aliphatic hydroxyl groups is 3. The van der Waals surface area contributed by atoms with Gasteiger partial charge in [0.25, 0.3) is 0 Å². The molecule has 3 fully saturated rings. The summed E-state index contributed by atoms with van der Waals surface area (Å²) in [5, 5.41) is 38.1. The minimum absolute atomic E-state index is 0.146. The van der Waals surface area contributed by atoms with Crippen LogP contribution in [-0.4, -0.2) is 125 Å². The summed E-state index contributed by atoms with van der Waals surface area (Å²) in [5.74, 6) is -1.60. The van der Waals surface area contributed by atoms with Crippen LogP contribution in [0.15, 0.2) is 11.3 Å². The average Bonchev–Trinajstić information content (AvgIpc) is 3.34. The molecule has 0 saturated carbocycles. The summed E-state index contributed by atoms with van der Waals surface area (Å²) in [7, 11) is 5.55. The largest absolute Gasteiger partial charge is 0.489 e. The van der Waals surface area contributed by atoms with Crippen LogP contribution in [0.3, 0.4) is 0 Å². The molecule has 0 aromatic heterocycles. The molecule has 4 N–H and O–H groups in total. The van der Waals surface area contributed by atoms with Crippen LogP contribution in [-0.2, 0) is 33.2 Å². The van der Waals surface area contributed by atoms with Crippen molar-refractivity contribution in [2.24, 2.45) is 17.8 Å². The number of methoxy groups -OCH3 is 1. The third kappa shape index (κ3) is 8.33. The molecular weight excluding hydrogens is 632 g/mol. The first-order valence-electron chi connectivity index (χ1n) is 18.3. The highest BCUT2D eigenvalue weighted by Crippen LogP contribution is 2.47. The second kappa shape index (κ2) is 15.3. The van der Waals surface area contributed by atoms with E-state index < -0.39 is 77.6 Å². The van der Waals surface area contributed by atoms with Gasteiger partial charge in [-0.1, -0.05) is 27.7 Å².